The number of nitrogen functional groups attached to an aromatic ring is 1. The van der Waals surface area contributed by atoms with Gasteiger partial charge in [-0.15, -0.1) is 0 Å². The maximum Gasteiger partial charge on any atom is 0.451 e. The number of alkyl halides is 3. The Morgan fingerprint density at radius 3 is 2.58 bits per heavy atom. The third-order valence-corrected chi connectivity index (χ3v) is 2.10. The number of nitrogens with zero attached hydrogens (tertiary/aromatic N) is 2. The summed E-state index contributed by atoms with van der Waals surface area (Å²) in [6.07, 6.45) is -2.71. The average Bonchev–Trinajstić information content (AvgIpc) is 2.32. The first kappa shape index (κ1) is 15.5. The molecule has 5 nitrogen and oxygen atoms in total. The molecule has 0 aromatic carbocycles. The lowest BCUT2D eigenvalue weighted by atomic mass is 10.4. The van der Waals surface area contributed by atoms with Crippen molar-refractivity contribution in [1.82, 2.24) is 9.97 Å². The highest BCUT2D eigenvalue weighted by Crippen LogP contribution is 2.28. The predicted octanol–water partition coefficient (Wildman–Crippen LogP) is 2.27. The Bertz CT molecular complexity index is 399. The fourth-order valence-electron chi connectivity index (χ4n) is 1.20. The van der Waals surface area contributed by atoms with E-state index in [-0.39, 0.29) is 24.9 Å². The van der Waals surface area contributed by atoms with Crippen LogP contribution in [0.5, 0.6) is 5.88 Å². The Morgan fingerprint density at radius 1 is 1.21 bits per heavy atom. The van der Waals surface area contributed by atoms with E-state index in [1.54, 1.807) is 0 Å². The van der Waals surface area contributed by atoms with Gasteiger partial charge in [-0.3, -0.25) is 0 Å². The van der Waals surface area contributed by atoms with Crippen LogP contribution in [-0.2, 0) is 10.9 Å². The number of nitrogens with two attached hydrogens (primary N) is 1. The van der Waals surface area contributed by atoms with Gasteiger partial charge in [0.15, 0.2) is 0 Å². The summed E-state index contributed by atoms with van der Waals surface area (Å²) in [6, 6.07) is 1.14. The number of halogens is 3. The molecule has 0 atom stereocenters. The largest absolute Gasteiger partial charge is 0.475 e. The summed E-state index contributed by atoms with van der Waals surface area (Å²) in [6.45, 7) is 3.02. The molecule has 1 aromatic rings. The molecule has 0 unspecified atom stereocenters. The zero-order valence-corrected chi connectivity index (χ0v) is 10.5. The predicted molar refractivity (Wildman–Crippen MR) is 62.7 cm³/mol. The van der Waals surface area contributed by atoms with Crippen LogP contribution in [0.25, 0.3) is 0 Å². The first-order valence-corrected chi connectivity index (χ1v) is 5.85. The normalized spacial score (nSPS) is 11.6. The van der Waals surface area contributed by atoms with E-state index in [0.29, 0.717) is 6.61 Å². The first-order chi connectivity index (χ1) is 8.93. The van der Waals surface area contributed by atoms with Crippen LogP contribution in [0.2, 0.25) is 0 Å². The maximum atomic E-state index is 12.4. The lowest BCUT2D eigenvalue weighted by molar-refractivity contribution is -0.145. The van der Waals surface area contributed by atoms with Gasteiger partial charge >= 0.3 is 6.18 Å². The number of hydrogen-bond donors (Lipinski definition) is 1. The zero-order chi connectivity index (χ0) is 14.3. The molecular formula is C11H16F3N3O2. The van der Waals surface area contributed by atoms with Gasteiger partial charge in [-0.1, -0.05) is 13.3 Å². The molecule has 1 aromatic heterocycles. The minimum absolute atomic E-state index is 0.109. The third-order valence-electron chi connectivity index (χ3n) is 2.10. The van der Waals surface area contributed by atoms with E-state index in [1.807, 2.05) is 6.92 Å². The molecule has 0 spiro atoms. The monoisotopic (exact) mass is 279 g/mol. The van der Waals surface area contributed by atoms with E-state index in [0.717, 1.165) is 18.9 Å². The van der Waals surface area contributed by atoms with Gasteiger partial charge in [0.1, 0.15) is 12.4 Å². The molecule has 108 valence electrons. The molecule has 8 heteroatoms. The van der Waals surface area contributed by atoms with Gasteiger partial charge in [0, 0.05) is 12.7 Å². The number of anilines is 1. The number of hydrogen-bond acceptors (Lipinski definition) is 5. The standard InChI is InChI=1S/C11H16F3N3O2/c1-2-3-4-18-5-6-19-9-7-8(15)16-10(17-9)11(12,13)14/h7H,2-6H2,1H3,(H2,15,16,17). The summed E-state index contributed by atoms with van der Waals surface area (Å²) in [5.41, 5.74) is 5.26. The van der Waals surface area contributed by atoms with Crippen molar-refractivity contribution >= 4 is 5.82 Å². The molecule has 0 aliphatic rings. The Hall–Kier alpha value is -1.57. The van der Waals surface area contributed by atoms with Crippen LogP contribution in [-0.4, -0.2) is 29.8 Å². The van der Waals surface area contributed by atoms with Gasteiger partial charge in [0.2, 0.25) is 11.7 Å². The Morgan fingerprint density at radius 2 is 1.95 bits per heavy atom. The molecule has 1 heterocycles. The third kappa shape index (κ3) is 5.73. The van der Waals surface area contributed by atoms with Gasteiger partial charge in [0.25, 0.3) is 0 Å². The van der Waals surface area contributed by atoms with E-state index < -0.39 is 12.0 Å². The summed E-state index contributed by atoms with van der Waals surface area (Å²) in [4.78, 5) is 6.35. The van der Waals surface area contributed by atoms with Gasteiger partial charge in [0.05, 0.1) is 6.61 Å². The lowest BCUT2D eigenvalue weighted by Crippen LogP contribution is -2.15. The molecule has 2 N–H and O–H groups in total. The van der Waals surface area contributed by atoms with Crippen LogP contribution in [0.4, 0.5) is 19.0 Å². The molecule has 0 radical (unpaired) electrons. The minimum Gasteiger partial charge on any atom is -0.475 e. The molecule has 19 heavy (non-hydrogen) atoms. The summed E-state index contributed by atoms with van der Waals surface area (Å²) in [5, 5.41) is 0. The van der Waals surface area contributed by atoms with Crippen molar-refractivity contribution in [3.63, 3.8) is 0 Å². The van der Waals surface area contributed by atoms with Crippen molar-refractivity contribution in [3.05, 3.63) is 11.9 Å². The highest BCUT2D eigenvalue weighted by molar-refractivity contribution is 5.33. The van der Waals surface area contributed by atoms with Crippen molar-refractivity contribution in [2.75, 3.05) is 25.6 Å². The number of rotatable bonds is 7. The van der Waals surface area contributed by atoms with Crippen molar-refractivity contribution in [2.24, 2.45) is 0 Å². The molecule has 0 saturated heterocycles. The van der Waals surface area contributed by atoms with E-state index in [1.165, 1.54) is 0 Å². The summed E-state index contributed by atoms with van der Waals surface area (Å²) in [5.74, 6) is -1.81. The molecule has 0 aliphatic heterocycles. The second-order valence-corrected chi connectivity index (χ2v) is 3.77. The number of aromatic nitrogens is 2. The fraction of sp³-hybridized carbons (Fsp3) is 0.636. The number of ether oxygens (including phenoxy) is 2. The summed E-state index contributed by atoms with van der Waals surface area (Å²) in [7, 11) is 0. The van der Waals surface area contributed by atoms with Gasteiger partial charge in [-0.05, 0) is 6.42 Å². The molecule has 0 fully saturated rings. The lowest BCUT2D eigenvalue weighted by Gasteiger charge is -2.09. The SMILES string of the molecule is CCCCOCCOc1cc(N)nc(C(F)(F)F)n1. The van der Waals surface area contributed by atoms with Crippen molar-refractivity contribution in [2.45, 2.75) is 25.9 Å². The van der Waals surface area contributed by atoms with E-state index in [9.17, 15) is 13.2 Å². The van der Waals surface area contributed by atoms with Crippen LogP contribution < -0.4 is 10.5 Å². The second-order valence-electron chi connectivity index (χ2n) is 3.77. The van der Waals surface area contributed by atoms with E-state index in [4.69, 9.17) is 15.2 Å². The quantitative estimate of drug-likeness (QED) is 0.775. The summed E-state index contributed by atoms with van der Waals surface area (Å²) >= 11 is 0. The topological polar surface area (TPSA) is 70.3 Å². The number of unbranched alkanes of at least 4 members (excludes halogenated alkanes) is 1. The van der Waals surface area contributed by atoms with Crippen LogP contribution in [0, 0.1) is 0 Å². The maximum absolute atomic E-state index is 12.4. The molecule has 0 saturated carbocycles. The Balaban J connectivity index is 2.48. The van der Waals surface area contributed by atoms with Crippen molar-refractivity contribution in [1.29, 1.82) is 0 Å². The fourth-order valence-corrected chi connectivity index (χ4v) is 1.20. The van der Waals surface area contributed by atoms with E-state index in [2.05, 4.69) is 9.97 Å². The van der Waals surface area contributed by atoms with Crippen LogP contribution in [0.1, 0.15) is 25.6 Å². The zero-order valence-electron chi connectivity index (χ0n) is 10.5. The Labute approximate surface area is 108 Å². The summed E-state index contributed by atoms with van der Waals surface area (Å²) < 4.78 is 47.5. The molecule has 1 rings (SSSR count). The van der Waals surface area contributed by atoms with Crippen molar-refractivity contribution < 1.29 is 22.6 Å². The molecular weight excluding hydrogens is 263 g/mol. The van der Waals surface area contributed by atoms with Gasteiger partial charge in [-0.2, -0.15) is 18.2 Å². The first-order valence-electron chi connectivity index (χ1n) is 5.85. The van der Waals surface area contributed by atoms with Crippen LogP contribution in [0.15, 0.2) is 6.07 Å². The smallest absolute Gasteiger partial charge is 0.451 e. The van der Waals surface area contributed by atoms with E-state index >= 15 is 0 Å². The highest BCUT2D eigenvalue weighted by atomic mass is 19.4. The van der Waals surface area contributed by atoms with Crippen molar-refractivity contribution in [3.8, 4) is 5.88 Å². The Kier molecular flexibility index (Phi) is 5.81. The second kappa shape index (κ2) is 7.13. The van der Waals surface area contributed by atoms with Gasteiger partial charge in [-0.25, -0.2) is 4.98 Å². The van der Waals surface area contributed by atoms with Crippen LogP contribution >= 0.6 is 0 Å². The molecule has 0 amide bonds. The molecule has 0 aliphatic carbocycles. The van der Waals surface area contributed by atoms with Crippen LogP contribution in [0.3, 0.4) is 0 Å². The molecule has 0 bridgehead atoms. The average molecular weight is 279 g/mol. The van der Waals surface area contributed by atoms with Gasteiger partial charge < -0.3 is 15.2 Å². The highest BCUT2D eigenvalue weighted by Gasteiger charge is 2.35. The minimum atomic E-state index is -4.65.